The Morgan fingerprint density at radius 2 is 1.86 bits per heavy atom. The molecule has 0 spiro atoms. The van der Waals surface area contributed by atoms with E-state index in [-0.39, 0.29) is 25.4 Å². The summed E-state index contributed by atoms with van der Waals surface area (Å²) in [4.78, 5) is 35.0. The number of hydrogen-bond acceptors (Lipinski definition) is 4. The van der Waals surface area contributed by atoms with Crippen molar-refractivity contribution in [2.75, 3.05) is 6.61 Å². The smallest absolute Gasteiger partial charge is 0.308 e. The number of esters is 1. The quantitative estimate of drug-likeness (QED) is 0.694. The Hall–Kier alpha value is -2.37. The van der Waals surface area contributed by atoms with Crippen LogP contribution in [0.15, 0.2) is 30.3 Å². The van der Waals surface area contributed by atoms with Crippen LogP contribution in [0.2, 0.25) is 0 Å². The Labute approximate surface area is 130 Å². The van der Waals surface area contributed by atoms with E-state index in [2.05, 4.69) is 5.32 Å². The van der Waals surface area contributed by atoms with Gasteiger partial charge in [0.15, 0.2) is 0 Å². The normalized spacial score (nSPS) is 13.0. The molecule has 0 radical (unpaired) electrons. The average molecular weight is 306 g/mol. The van der Waals surface area contributed by atoms with Crippen molar-refractivity contribution in [3.05, 3.63) is 35.9 Å². The third-order valence-electron chi connectivity index (χ3n) is 3.16. The van der Waals surface area contributed by atoms with E-state index < -0.39 is 23.8 Å². The molecule has 0 aliphatic carbocycles. The van der Waals surface area contributed by atoms with E-state index >= 15 is 0 Å². The Kier molecular flexibility index (Phi) is 7.08. The van der Waals surface area contributed by atoms with Crippen molar-refractivity contribution in [1.82, 2.24) is 5.32 Å². The molecule has 120 valence electrons. The summed E-state index contributed by atoms with van der Waals surface area (Å²) >= 11 is 0. The summed E-state index contributed by atoms with van der Waals surface area (Å²) in [5, 5.41) is 2.57. The molecule has 0 saturated heterocycles. The number of carbonyl (C=O) groups is 3. The van der Waals surface area contributed by atoms with Crippen LogP contribution in [0.25, 0.3) is 0 Å². The maximum atomic E-state index is 12.0. The number of nitrogens with two attached hydrogens (primary N) is 1. The summed E-state index contributed by atoms with van der Waals surface area (Å²) < 4.78 is 4.88. The Bertz CT molecular complexity index is 516. The van der Waals surface area contributed by atoms with Crippen LogP contribution < -0.4 is 11.1 Å². The maximum Gasteiger partial charge on any atom is 0.308 e. The van der Waals surface area contributed by atoms with E-state index in [1.54, 1.807) is 13.8 Å². The standard InChI is InChI=1S/C16H22N2O4/c1-3-22-16(21)11(2)9-13(15(17)20)18-14(19)10-12-7-5-4-6-8-12/h4-8,11,13H,3,9-10H2,1-2H3,(H2,17,20)(H,18,19)/t11-,13-/m1/s1. The molecule has 6 nitrogen and oxygen atoms in total. The molecule has 0 bridgehead atoms. The van der Waals surface area contributed by atoms with Crippen LogP contribution in [0.1, 0.15) is 25.8 Å². The maximum absolute atomic E-state index is 12.0. The molecular weight excluding hydrogens is 284 g/mol. The largest absolute Gasteiger partial charge is 0.466 e. The minimum atomic E-state index is -0.893. The molecule has 6 heteroatoms. The van der Waals surface area contributed by atoms with Gasteiger partial charge in [-0.15, -0.1) is 0 Å². The van der Waals surface area contributed by atoms with Gasteiger partial charge in [0.05, 0.1) is 18.9 Å². The van der Waals surface area contributed by atoms with Crippen molar-refractivity contribution in [2.24, 2.45) is 11.7 Å². The van der Waals surface area contributed by atoms with Crippen LogP contribution in [-0.4, -0.2) is 30.4 Å². The highest BCUT2D eigenvalue weighted by Crippen LogP contribution is 2.09. The van der Waals surface area contributed by atoms with E-state index in [1.807, 2.05) is 30.3 Å². The number of hydrogen-bond donors (Lipinski definition) is 2. The molecule has 0 aliphatic heterocycles. The number of ether oxygens (including phenoxy) is 1. The lowest BCUT2D eigenvalue weighted by atomic mass is 10.0. The summed E-state index contributed by atoms with van der Waals surface area (Å²) in [5.74, 6) is -1.91. The number of benzene rings is 1. The molecule has 2 atom stereocenters. The first-order valence-corrected chi connectivity index (χ1v) is 7.23. The van der Waals surface area contributed by atoms with Gasteiger partial charge in [0.2, 0.25) is 11.8 Å². The van der Waals surface area contributed by atoms with Crippen LogP contribution in [-0.2, 0) is 25.5 Å². The average Bonchev–Trinajstić information content (AvgIpc) is 2.47. The zero-order valence-electron chi connectivity index (χ0n) is 12.9. The fourth-order valence-electron chi connectivity index (χ4n) is 2.01. The molecule has 0 heterocycles. The molecular formula is C16H22N2O4. The van der Waals surface area contributed by atoms with Crippen LogP contribution in [0, 0.1) is 5.92 Å². The van der Waals surface area contributed by atoms with E-state index in [1.165, 1.54) is 0 Å². The van der Waals surface area contributed by atoms with Crippen molar-refractivity contribution in [1.29, 1.82) is 0 Å². The van der Waals surface area contributed by atoms with E-state index in [0.717, 1.165) is 5.56 Å². The third kappa shape index (κ3) is 5.95. The number of nitrogens with one attached hydrogen (secondary N) is 1. The topological polar surface area (TPSA) is 98.5 Å². The predicted molar refractivity (Wildman–Crippen MR) is 81.7 cm³/mol. The first-order chi connectivity index (χ1) is 10.4. The minimum absolute atomic E-state index is 0.120. The number of primary amides is 1. The predicted octanol–water partition coefficient (Wildman–Crippen LogP) is 0.788. The first kappa shape index (κ1) is 17.7. The lowest BCUT2D eigenvalue weighted by Crippen LogP contribution is -2.46. The molecule has 1 aromatic rings. The Morgan fingerprint density at radius 3 is 2.41 bits per heavy atom. The van der Waals surface area contributed by atoms with Crippen molar-refractivity contribution in [2.45, 2.75) is 32.7 Å². The highest BCUT2D eigenvalue weighted by molar-refractivity contribution is 5.88. The van der Waals surface area contributed by atoms with Gasteiger partial charge in [-0.3, -0.25) is 14.4 Å². The summed E-state index contributed by atoms with van der Waals surface area (Å²) in [6.45, 7) is 3.61. The van der Waals surface area contributed by atoms with E-state index in [0.29, 0.717) is 0 Å². The van der Waals surface area contributed by atoms with Crippen molar-refractivity contribution >= 4 is 17.8 Å². The second-order valence-corrected chi connectivity index (χ2v) is 5.07. The summed E-state index contributed by atoms with van der Waals surface area (Å²) in [6.07, 6.45) is 0.271. The molecule has 1 rings (SSSR count). The van der Waals surface area contributed by atoms with Crippen molar-refractivity contribution in [3.63, 3.8) is 0 Å². The van der Waals surface area contributed by atoms with Gasteiger partial charge in [-0.2, -0.15) is 0 Å². The zero-order valence-corrected chi connectivity index (χ0v) is 12.9. The van der Waals surface area contributed by atoms with Crippen LogP contribution >= 0.6 is 0 Å². The van der Waals surface area contributed by atoms with Gasteiger partial charge < -0.3 is 15.8 Å². The second kappa shape index (κ2) is 8.81. The molecule has 22 heavy (non-hydrogen) atoms. The first-order valence-electron chi connectivity index (χ1n) is 7.23. The number of rotatable bonds is 8. The van der Waals surface area contributed by atoms with Crippen LogP contribution in [0.5, 0.6) is 0 Å². The molecule has 0 fully saturated rings. The summed E-state index contributed by atoms with van der Waals surface area (Å²) in [5.41, 5.74) is 6.13. The van der Waals surface area contributed by atoms with Gasteiger partial charge in [-0.05, 0) is 18.9 Å². The SMILES string of the molecule is CCOC(=O)[C@H](C)C[C@@H](NC(=O)Cc1ccccc1)C(N)=O. The summed E-state index contributed by atoms with van der Waals surface area (Å²) in [7, 11) is 0. The lowest BCUT2D eigenvalue weighted by Gasteiger charge is -2.18. The molecule has 1 aromatic carbocycles. The minimum Gasteiger partial charge on any atom is -0.466 e. The fourth-order valence-corrected chi connectivity index (χ4v) is 2.01. The lowest BCUT2D eigenvalue weighted by molar-refractivity contribution is -0.148. The third-order valence-corrected chi connectivity index (χ3v) is 3.16. The Morgan fingerprint density at radius 1 is 1.23 bits per heavy atom. The molecule has 2 amide bonds. The van der Waals surface area contributed by atoms with Gasteiger partial charge >= 0.3 is 5.97 Å². The van der Waals surface area contributed by atoms with Crippen molar-refractivity contribution < 1.29 is 19.1 Å². The van der Waals surface area contributed by atoms with Gasteiger partial charge in [0, 0.05) is 0 Å². The Balaban J connectivity index is 2.58. The molecule has 0 saturated carbocycles. The molecule has 0 aromatic heterocycles. The van der Waals surface area contributed by atoms with Crippen LogP contribution in [0.4, 0.5) is 0 Å². The highest BCUT2D eigenvalue weighted by atomic mass is 16.5. The van der Waals surface area contributed by atoms with Crippen molar-refractivity contribution in [3.8, 4) is 0 Å². The summed E-state index contributed by atoms with van der Waals surface area (Å²) in [6, 6.07) is 8.26. The monoisotopic (exact) mass is 306 g/mol. The van der Waals surface area contributed by atoms with Gasteiger partial charge in [0.1, 0.15) is 6.04 Å². The van der Waals surface area contributed by atoms with Gasteiger partial charge in [-0.25, -0.2) is 0 Å². The zero-order chi connectivity index (χ0) is 16.5. The number of amides is 2. The van der Waals surface area contributed by atoms with E-state index in [9.17, 15) is 14.4 Å². The second-order valence-electron chi connectivity index (χ2n) is 5.07. The molecule has 3 N–H and O–H groups in total. The van der Waals surface area contributed by atoms with Gasteiger partial charge in [0.25, 0.3) is 0 Å². The van der Waals surface area contributed by atoms with Crippen LogP contribution in [0.3, 0.4) is 0 Å². The van der Waals surface area contributed by atoms with E-state index in [4.69, 9.17) is 10.5 Å². The highest BCUT2D eigenvalue weighted by Gasteiger charge is 2.25. The fraction of sp³-hybridized carbons (Fsp3) is 0.438. The molecule has 0 aliphatic rings. The molecule has 0 unspecified atom stereocenters. The number of carbonyl (C=O) groups excluding carboxylic acids is 3. The van der Waals surface area contributed by atoms with Gasteiger partial charge in [-0.1, -0.05) is 37.3 Å².